The van der Waals surface area contributed by atoms with E-state index in [1.165, 1.54) is 31.2 Å². The average molecular weight is 350 g/mol. The Kier molecular flexibility index (Phi) is 8.28. The van der Waals surface area contributed by atoms with Gasteiger partial charge in [0.05, 0.1) is 12.0 Å². The first-order valence-electron chi connectivity index (χ1n) is 9.98. The number of unbranched alkanes of at least 4 members (excludes halogenated alkanes) is 3. The number of benzene rings is 1. The molecule has 1 aromatic carbocycles. The first-order chi connectivity index (χ1) is 12.7. The van der Waals surface area contributed by atoms with Crippen LogP contribution in [0.5, 0.6) is 0 Å². The molecular formula is C23H31N3. The van der Waals surface area contributed by atoms with Crippen LogP contribution in [0, 0.1) is 17.2 Å². The highest BCUT2D eigenvalue weighted by Crippen LogP contribution is 2.26. The van der Waals surface area contributed by atoms with Crippen molar-refractivity contribution in [1.29, 1.82) is 5.26 Å². The van der Waals surface area contributed by atoms with Crippen LogP contribution < -0.4 is 0 Å². The topological polar surface area (TPSA) is 49.6 Å². The summed E-state index contributed by atoms with van der Waals surface area (Å²) in [6, 6.07) is 10.6. The van der Waals surface area contributed by atoms with E-state index in [-0.39, 0.29) is 5.92 Å². The van der Waals surface area contributed by atoms with Gasteiger partial charge in [-0.2, -0.15) is 5.26 Å². The largest absolute Gasteiger partial charge is 0.236 e. The molecule has 1 aromatic heterocycles. The van der Waals surface area contributed by atoms with E-state index < -0.39 is 0 Å². The summed E-state index contributed by atoms with van der Waals surface area (Å²) in [4.78, 5) is 9.06. The second-order valence-electron chi connectivity index (χ2n) is 7.28. The first kappa shape index (κ1) is 20.1. The van der Waals surface area contributed by atoms with Gasteiger partial charge in [0, 0.05) is 18.0 Å². The third kappa shape index (κ3) is 5.95. The molecule has 0 saturated heterocycles. The second-order valence-corrected chi connectivity index (χ2v) is 7.28. The standard InChI is InChI=1S/C23H31N3/c1-4-6-7-8-9-19-16-25-23(26-17-19)21-12-10-20(11-13-21)22(15-24)14-18(3)5-2/h10-13,16-18,22H,4-9,14H2,1-3H3. The molecule has 2 atom stereocenters. The molecule has 0 saturated carbocycles. The van der Waals surface area contributed by atoms with Crippen LogP contribution in [0.3, 0.4) is 0 Å². The fourth-order valence-electron chi connectivity index (χ4n) is 3.09. The maximum atomic E-state index is 9.47. The number of nitriles is 1. The Hall–Kier alpha value is -2.21. The minimum absolute atomic E-state index is 0.0367. The van der Waals surface area contributed by atoms with Crippen molar-refractivity contribution in [2.24, 2.45) is 5.92 Å². The van der Waals surface area contributed by atoms with Gasteiger partial charge in [0.15, 0.2) is 5.82 Å². The molecule has 0 spiro atoms. The molecule has 2 aromatic rings. The van der Waals surface area contributed by atoms with E-state index in [0.29, 0.717) is 5.92 Å². The minimum Gasteiger partial charge on any atom is -0.236 e. The third-order valence-corrected chi connectivity index (χ3v) is 5.09. The summed E-state index contributed by atoms with van der Waals surface area (Å²) in [6.45, 7) is 6.61. The number of hydrogen-bond acceptors (Lipinski definition) is 3. The van der Waals surface area contributed by atoms with Crippen molar-refractivity contribution < 1.29 is 0 Å². The van der Waals surface area contributed by atoms with Crippen molar-refractivity contribution in [2.45, 2.75) is 71.6 Å². The van der Waals surface area contributed by atoms with Crippen LogP contribution in [0.1, 0.15) is 76.3 Å². The lowest BCUT2D eigenvalue weighted by Gasteiger charge is -2.14. The smallest absolute Gasteiger partial charge is 0.159 e. The zero-order valence-electron chi connectivity index (χ0n) is 16.4. The van der Waals surface area contributed by atoms with Crippen LogP contribution in [0.2, 0.25) is 0 Å². The van der Waals surface area contributed by atoms with Crippen LogP contribution in [0.4, 0.5) is 0 Å². The third-order valence-electron chi connectivity index (χ3n) is 5.09. The van der Waals surface area contributed by atoms with Crippen LogP contribution >= 0.6 is 0 Å². The Bertz CT molecular complexity index is 683. The van der Waals surface area contributed by atoms with Gasteiger partial charge in [-0.25, -0.2) is 9.97 Å². The number of rotatable bonds is 10. The molecule has 0 radical (unpaired) electrons. The van der Waals surface area contributed by atoms with Crippen molar-refractivity contribution in [3.8, 4) is 17.5 Å². The zero-order chi connectivity index (χ0) is 18.8. The van der Waals surface area contributed by atoms with E-state index in [4.69, 9.17) is 0 Å². The van der Waals surface area contributed by atoms with Gasteiger partial charge in [-0.15, -0.1) is 0 Å². The lowest BCUT2D eigenvalue weighted by molar-refractivity contribution is 0.494. The number of aromatic nitrogens is 2. The Morgan fingerprint density at radius 2 is 1.69 bits per heavy atom. The molecule has 0 fully saturated rings. The molecule has 0 amide bonds. The molecule has 0 aliphatic carbocycles. The van der Waals surface area contributed by atoms with Crippen LogP contribution in [0.25, 0.3) is 11.4 Å². The fraction of sp³-hybridized carbons (Fsp3) is 0.522. The van der Waals surface area contributed by atoms with E-state index >= 15 is 0 Å². The van der Waals surface area contributed by atoms with Crippen LogP contribution in [-0.2, 0) is 6.42 Å². The minimum atomic E-state index is -0.0367. The Balaban J connectivity index is 2.00. The van der Waals surface area contributed by atoms with Crippen LogP contribution in [0.15, 0.2) is 36.7 Å². The molecular weight excluding hydrogens is 318 g/mol. The van der Waals surface area contributed by atoms with E-state index in [9.17, 15) is 5.26 Å². The van der Waals surface area contributed by atoms with Crippen molar-refractivity contribution in [3.63, 3.8) is 0 Å². The Labute approximate surface area is 158 Å². The van der Waals surface area contributed by atoms with Gasteiger partial charge in [0.2, 0.25) is 0 Å². The van der Waals surface area contributed by atoms with E-state index in [2.05, 4.69) is 36.8 Å². The van der Waals surface area contributed by atoms with Crippen molar-refractivity contribution in [1.82, 2.24) is 9.97 Å². The predicted molar refractivity (Wildman–Crippen MR) is 108 cm³/mol. The molecule has 3 heteroatoms. The Morgan fingerprint density at radius 1 is 1.00 bits per heavy atom. The highest BCUT2D eigenvalue weighted by atomic mass is 14.9. The average Bonchev–Trinajstić information content (AvgIpc) is 2.70. The summed E-state index contributed by atoms with van der Waals surface area (Å²) in [5.41, 5.74) is 3.30. The fourth-order valence-corrected chi connectivity index (χ4v) is 3.09. The van der Waals surface area contributed by atoms with E-state index in [1.54, 1.807) is 0 Å². The molecule has 1 heterocycles. The monoisotopic (exact) mass is 349 g/mol. The number of nitrogens with zero attached hydrogens (tertiary/aromatic N) is 3. The molecule has 0 aliphatic rings. The second kappa shape index (κ2) is 10.7. The molecule has 138 valence electrons. The molecule has 2 rings (SSSR count). The molecule has 26 heavy (non-hydrogen) atoms. The molecule has 0 N–H and O–H groups in total. The van der Waals surface area contributed by atoms with Crippen molar-refractivity contribution in [3.05, 3.63) is 47.8 Å². The van der Waals surface area contributed by atoms with Gasteiger partial charge in [0.25, 0.3) is 0 Å². The van der Waals surface area contributed by atoms with Crippen LogP contribution in [-0.4, -0.2) is 9.97 Å². The number of hydrogen-bond donors (Lipinski definition) is 0. The first-order valence-corrected chi connectivity index (χ1v) is 9.98. The summed E-state index contributed by atoms with van der Waals surface area (Å²) in [7, 11) is 0. The lowest BCUT2D eigenvalue weighted by Crippen LogP contribution is -2.02. The summed E-state index contributed by atoms with van der Waals surface area (Å²) in [5, 5.41) is 9.47. The van der Waals surface area contributed by atoms with Crippen molar-refractivity contribution >= 4 is 0 Å². The molecule has 3 nitrogen and oxygen atoms in total. The molecule has 0 bridgehead atoms. The lowest BCUT2D eigenvalue weighted by atomic mass is 9.89. The quantitative estimate of drug-likeness (QED) is 0.472. The molecule has 2 unspecified atom stereocenters. The zero-order valence-corrected chi connectivity index (χ0v) is 16.4. The SMILES string of the molecule is CCCCCCc1cnc(-c2ccc(C(C#N)CC(C)CC)cc2)nc1. The summed E-state index contributed by atoms with van der Waals surface area (Å²) in [5.74, 6) is 1.28. The maximum absolute atomic E-state index is 9.47. The summed E-state index contributed by atoms with van der Waals surface area (Å²) in [6.07, 6.45) is 12.0. The van der Waals surface area contributed by atoms with Crippen molar-refractivity contribution in [2.75, 3.05) is 0 Å². The van der Waals surface area contributed by atoms with Gasteiger partial charge in [-0.3, -0.25) is 0 Å². The summed E-state index contributed by atoms with van der Waals surface area (Å²) < 4.78 is 0. The van der Waals surface area contributed by atoms with Gasteiger partial charge in [-0.1, -0.05) is 70.7 Å². The van der Waals surface area contributed by atoms with Gasteiger partial charge in [-0.05, 0) is 36.3 Å². The normalized spacial score (nSPS) is 13.2. The highest BCUT2D eigenvalue weighted by molar-refractivity contribution is 5.55. The number of aryl methyl sites for hydroxylation is 1. The van der Waals surface area contributed by atoms with E-state index in [0.717, 1.165) is 36.2 Å². The van der Waals surface area contributed by atoms with E-state index in [1.807, 2.05) is 36.7 Å². The summed E-state index contributed by atoms with van der Waals surface area (Å²) >= 11 is 0. The van der Waals surface area contributed by atoms with Gasteiger partial charge < -0.3 is 0 Å². The van der Waals surface area contributed by atoms with Gasteiger partial charge >= 0.3 is 0 Å². The highest BCUT2D eigenvalue weighted by Gasteiger charge is 2.14. The predicted octanol–water partition coefficient (Wildman–Crippen LogP) is 6.31. The maximum Gasteiger partial charge on any atom is 0.159 e. The van der Waals surface area contributed by atoms with Gasteiger partial charge in [0.1, 0.15) is 0 Å². The molecule has 0 aliphatic heterocycles. The Morgan fingerprint density at radius 3 is 2.27 bits per heavy atom.